The van der Waals surface area contributed by atoms with Gasteiger partial charge in [0, 0.05) is 12.0 Å². The predicted molar refractivity (Wildman–Crippen MR) is 63.4 cm³/mol. The lowest BCUT2D eigenvalue weighted by Gasteiger charge is -2.19. The van der Waals surface area contributed by atoms with E-state index in [0.717, 1.165) is 12.1 Å². The predicted octanol–water partition coefficient (Wildman–Crippen LogP) is -0.0469. The summed E-state index contributed by atoms with van der Waals surface area (Å²) in [7, 11) is 0. The molecule has 0 amide bonds. The molecule has 1 aliphatic rings. The number of rotatable bonds is 2. The van der Waals surface area contributed by atoms with Crippen LogP contribution in [0.1, 0.15) is 12.0 Å². The number of hydrogen-bond donors (Lipinski definition) is 3. The van der Waals surface area contributed by atoms with Gasteiger partial charge in [0.15, 0.2) is 29.4 Å². The molecule has 0 heterocycles. The van der Waals surface area contributed by atoms with E-state index < -0.39 is 35.4 Å². The van der Waals surface area contributed by atoms with Crippen molar-refractivity contribution in [1.29, 1.82) is 0 Å². The summed E-state index contributed by atoms with van der Waals surface area (Å²) in [4.78, 5) is 34.4. The minimum Gasteiger partial charge on any atom is -0.504 e. The standard InChI is InChI=1S/C13H10O6/c14-5-7-12(10(17)4-11(18)13(7)19)6-1-2-8(15)9(16)3-6/h1-3,5,11,15-16,18H,4H2. The molecule has 0 saturated carbocycles. The number of hydrogen-bond acceptors (Lipinski definition) is 6. The van der Waals surface area contributed by atoms with Crippen molar-refractivity contribution in [3.63, 3.8) is 0 Å². The van der Waals surface area contributed by atoms with E-state index >= 15 is 0 Å². The third-order valence-corrected chi connectivity index (χ3v) is 2.88. The number of aliphatic hydroxyl groups is 1. The Balaban J connectivity index is 2.65. The second-order valence-electron chi connectivity index (χ2n) is 4.12. The lowest BCUT2D eigenvalue weighted by molar-refractivity contribution is -0.130. The van der Waals surface area contributed by atoms with Crippen LogP contribution in [-0.4, -0.2) is 39.3 Å². The number of aldehydes is 1. The van der Waals surface area contributed by atoms with Crippen molar-refractivity contribution in [2.24, 2.45) is 0 Å². The number of phenols is 2. The molecular formula is C13H10O6. The molecule has 0 saturated heterocycles. The van der Waals surface area contributed by atoms with Crippen LogP contribution in [0, 0.1) is 0 Å². The van der Waals surface area contributed by atoms with Gasteiger partial charge in [0.2, 0.25) is 0 Å². The van der Waals surface area contributed by atoms with Gasteiger partial charge in [-0.15, -0.1) is 0 Å². The molecule has 0 bridgehead atoms. The summed E-state index contributed by atoms with van der Waals surface area (Å²) in [6, 6.07) is 3.52. The molecule has 1 aromatic carbocycles. The van der Waals surface area contributed by atoms with Crippen LogP contribution in [0.3, 0.4) is 0 Å². The SMILES string of the molecule is O=CC1=C(c2ccc(O)c(O)c2)C(=O)CC(O)C1=O. The summed E-state index contributed by atoms with van der Waals surface area (Å²) in [6.45, 7) is 0. The van der Waals surface area contributed by atoms with Crippen LogP contribution in [0.5, 0.6) is 11.5 Å². The van der Waals surface area contributed by atoms with Crippen molar-refractivity contribution in [3.8, 4) is 11.5 Å². The largest absolute Gasteiger partial charge is 0.504 e. The third-order valence-electron chi connectivity index (χ3n) is 2.88. The lowest BCUT2D eigenvalue weighted by atomic mass is 9.84. The van der Waals surface area contributed by atoms with E-state index in [1.54, 1.807) is 0 Å². The van der Waals surface area contributed by atoms with Crippen LogP contribution in [-0.2, 0) is 14.4 Å². The van der Waals surface area contributed by atoms with E-state index in [-0.39, 0.29) is 23.2 Å². The van der Waals surface area contributed by atoms with Gasteiger partial charge in [-0.2, -0.15) is 0 Å². The first-order valence-electron chi connectivity index (χ1n) is 5.43. The van der Waals surface area contributed by atoms with Gasteiger partial charge >= 0.3 is 0 Å². The van der Waals surface area contributed by atoms with Crippen LogP contribution >= 0.6 is 0 Å². The van der Waals surface area contributed by atoms with Gasteiger partial charge in [0.25, 0.3) is 0 Å². The zero-order valence-corrected chi connectivity index (χ0v) is 9.66. The quantitative estimate of drug-likeness (QED) is 0.391. The van der Waals surface area contributed by atoms with Gasteiger partial charge in [-0.05, 0) is 17.7 Å². The smallest absolute Gasteiger partial charge is 0.195 e. The van der Waals surface area contributed by atoms with Crippen LogP contribution in [0.15, 0.2) is 23.8 Å². The fourth-order valence-electron chi connectivity index (χ4n) is 1.94. The molecule has 1 unspecified atom stereocenters. The number of Topliss-reactive ketones (excluding diaryl/α,β-unsaturated/α-hetero) is 2. The first-order valence-corrected chi connectivity index (χ1v) is 5.43. The first kappa shape index (κ1) is 13.0. The number of carbonyl (C=O) groups is 3. The van der Waals surface area contributed by atoms with Crippen molar-refractivity contribution in [1.82, 2.24) is 0 Å². The van der Waals surface area contributed by atoms with E-state index in [4.69, 9.17) is 0 Å². The average molecular weight is 262 g/mol. The molecule has 0 spiro atoms. The van der Waals surface area contributed by atoms with Crippen LogP contribution < -0.4 is 0 Å². The highest BCUT2D eigenvalue weighted by molar-refractivity contribution is 6.37. The Hall–Kier alpha value is -2.47. The van der Waals surface area contributed by atoms with Crippen LogP contribution in [0.2, 0.25) is 0 Å². The highest BCUT2D eigenvalue weighted by atomic mass is 16.3. The highest BCUT2D eigenvalue weighted by Crippen LogP contribution is 2.32. The molecule has 0 aromatic heterocycles. The fraction of sp³-hybridized carbons (Fsp3) is 0.154. The maximum absolute atomic E-state index is 11.8. The molecule has 1 atom stereocenters. The molecule has 0 fully saturated rings. The van der Waals surface area contributed by atoms with E-state index in [2.05, 4.69) is 0 Å². The summed E-state index contributed by atoms with van der Waals surface area (Å²) < 4.78 is 0. The van der Waals surface area contributed by atoms with E-state index in [0.29, 0.717) is 0 Å². The van der Waals surface area contributed by atoms with Crippen molar-refractivity contribution >= 4 is 23.4 Å². The van der Waals surface area contributed by atoms with Gasteiger partial charge in [-0.1, -0.05) is 6.07 Å². The molecule has 19 heavy (non-hydrogen) atoms. The molecule has 3 N–H and O–H groups in total. The Kier molecular flexibility index (Phi) is 3.18. The number of phenolic OH excluding ortho intramolecular Hbond substituents is 2. The molecule has 0 radical (unpaired) electrons. The number of benzene rings is 1. The molecule has 0 aliphatic heterocycles. The van der Waals surface area contributed by atoms with E-state index in [1.165, 1.54) is 6.07 Å². The second-order valence-corrected chi connectivity index (χ2v) is 4.12. The maximum Gasteiger partial charge on any atom is 0.195 e. The molecule has 6 heteroatoms. The Morgan fingerprint density at radius 3 is 2.42 bits per heavy atom. The topological polar surface area (TPSA) is 112 Å². The summed E-state index contributed by atoms with van der Waals surface area (Å²) >= 11 is 0. The number of aliphatic hydroxyl groups excluding tert-OH is 1. The average Bonchev–Trinajstić information content (AvgIpc) is 2.37. The number of carbonyl (C=O) groups excluding carboxylic acids is 3. The van der Waals surface area contributed by atoms with Gasteiger partial charge < -0.3 is 15.3 Å². The van der Waals surface area contributed by atoms with Crippen molar-refractivity contribution in [2.45, 2.75) is 12.5 Å². The van der Waals surface area contributed by atoms with Crippen molar-refractivity contribution in [3.05, 3.63) is 29.3 Å². The summed E-state index contributed by atoms with van der Waals surface area (Å²) in [5, 5.41) is 27.9. The second kappa shape index (κ2) is 4.66. The zero-order valence-electron chi connectivity index (χ0n) is 9.66. The summed E-state index contributed by atoms with van der Waals surface area (Å²) in [6.07, 6.45) is -1.71. The number of ketones is 2. The molecule has 98 valence electrons. The first-order chi connectivity index (χ1) is 8.95. The van der Waals surface area contributed by atoms with Crippen molar-refractivity contribution < 1.29 is 29.7 Å². The molecule has 1 aliphatic carbocycles. The Morgan fingerprint density at radius 1 is 1.16 bits per heavy atom. The van der Waals surface area contributed by atoms with Crippen LogP contribution in [0.25, 0.3) is 5.57 Å². The Bertz CT molecular complexity index is 614. The highest BCUT2D eigenvalue weighted by Gasteiger charge is 2.34. The number of allylic oxidation sites excluding steroid dienone is 1. The van der Waals surface area contributed by atoms with Crippen molar-refractivity contribution in [2.75, 3.05) is 0 Å². The Morgan fingerprint density at radius 2 is 1.84 bits per heavy atom. The van der Waals surface area contributed by atoms with E-state index in [1.807, 2.05) is 0 Å². The van der Waals surface area contributed by atoms with Gasteiger partial charge in [-0.3, -0.25) is 14.4 Å². The van der Waals surface area contributed by atoms with Gasteiger partial charge in [0.05, 0.1) is 5.57 Å². The zero-order chi connectivity index (χ0) is 14.2. The number of aromatic hydroxyl groups is 2. The van der Waals surface area contributed by atoms with Gasteiger partial charge in [-0.25, -0.2) is 0 Å². The van der Waals surface area contributed by atoms with Crippen LogP contribution in [0.4, 0.5) is 0 Å². The maximum atomic E-state index is 11.8. The third kappa shape index (κ3) is 2.13. The fourth-order valence-corrected chi connectivity index (χ4v) is 1.94. The summed E-state index contributed by atoms with van der Waals surface area (Å²) in [5.41, 5.74) is -0.433. The molecular weight excluding hydrogens is 252 g/mol. The normalized spacial score (nSPS) is 19.7. The molecule has 2 rings (SSSR count). The van der Waals surface area contributed by atoms with E-state index in [9.17, 15) is 29.7 Å². The minimum absolute atomic E-state index is 0.141. The summed E-state index contributed by atoms with van der Waals surface area (Å²) in [5.74, 6) is -2.25. The monoisotopic (exact) mass is 262 g/mol. The van der Waals surface area contributed by atoms with Gasteiger partial charge in [0.1, 0.15) is 6.10 Å². The lowest BCUT2D eigenvalue weighted by Crippen LogP contribution is -2.32. The molecule has 6 nitrogen and oxygen atoms in total. The molecule has 1 aromatic rings. The minimum atomic E-state index is -1.51. The Labute approximate surface area is 107 Å².